The van der Waals surface area contributed by atoms with Gasteiger partial charge in [0.15, 0.2) is 0 Å². The average molecular weight is 264 g/mol. The van der Waals surface area contributed by atoms with Crippen molar-refractivity contribution in [1.82, 2.24) is 4.98 Å². The number of aromatic carboxylic acids is 1. The Balaban J connectivity index is 2.25. The molecule has 1 aliphatic heterocycles. The predicted octanol–water partition coefficient (Wildman–Crippen LogP) is 1.69. The van der Waals surface area contributed by atoms with Crippen molar-refractivity contribution in [3.8, 4) is 0 Å². The molecule has 0 unspecified atom stereocenters. The molecule has 2 rings (SSSR count). The topological polar surface area (TPSA) is 73.7 Å². The summed E-state index contributed by atoms with van der Waals surface area (Å²) in [5.41, 5.74) is 1.11. The molecule has 1 aromatic heterocycles. The largest absolute Gasteiger partial charge is 0.478 e. The Bertz CT molecular complexity index is 454. The van der Waals surface area contributed by atoms with Crippen molar-refractivity contribution in [3.05, 3.63) is 23.4 Å². The smallest absolute Gasteiger partial charge is 0.335 e. The summed E-state index contributed by atoms with van der Waals surface area (Å²) in [6.45, 7) is 3.50. The van der Waals surface area contributed by atoms with E-state index in [1.807, 2.05) is 6.92 Å². The number of piperidine rings is 1. The van der Waals surface area contributed by atoms with Crippen LogP contribution in [0.5, 0.6) is 0 Å². The molecule has 104 valence electrons. The van der Waals surface area contributed by atoms with Crippen LogP contribution < -0.4 is 4.90 Å². The van der Waals surface area contributed by atoms with E-state index in [1.165, 1.54) is 0 Å². The summed E-state index contributed by atoms with van der Waals surface area (Å²) < 4.78 is 0. The van der Waals surface area contributed by atoms with Crippen LogP contribution in [0.4, 0.5) is 5.82 Å². The number of nitrogens with zero attached hydrogens (tertiary/aromatic N) is 2. The third-order valence-electron chi connectivity index (χ3n) is 3.41. The minimum absolute atomic E-state index is 0.242. The van der Waals surface area contributed by atoms with Crippen molar-refractivity contribution in [1.29, 1.82) is 0 Å². The number of carboxylic acids is 1. The second kappa shape index (κ2) is 6.02. The Morgan fingerprint density at radius 2 is 2.11 bits per heavy atom. The molecule has 0 saturated carbocycles. The van der Waals surface area contributed by atoms with Gasteiger partial charge in [-0.1, -0.05) is 13.3 Å². The van der Waals surface area contributed by atoms with Crippen molar-refractivity contribution in [2.24, 2.45) is 0 Å². The molecule has 0 spiro atoms. The summed E-state index contributed by atoms with van der Waals surface area (Å²) >= 11 is 0. The summed E-state index contributed by atoms with van der Waals surface area (Å²) in [4.78, 5) is 17.7. The zero-order valence-corrected chi connectivity index (χ0v) is 11.2. The summed E-state index contributed by atoms with van der Waals surface area (Å²) in [5.74, 6) is -0.201. The fourth-order valence-electron chi connectivity index (χ4n) is 2.34. The normalized spacial score (nSPS) is 16.6. The molecule has 1 aromatic rings. The summed E-state index contributed by atoms with van der Waals surface area (Å²) in [5, 5.41) is 18.7. The first-order valence-corrected chi connectivity index (χ1v) is 6.77. The van der Waals surface area contributed by atoms with Crippen molar-refractivity contribution >= 4 is 11.8 Å². The molecule has 0 atom stereocenters. The Morgan fingerprint density at radius 1 is 1.42 bits per heavy atom. The predicted molar refractivity (Wildman–Crippen MR) is 72.6 cm³/mol. The van der Waals surface area contributed by atoms with E-state index in [0.29, 0.717) is 18.4 Å². The third-order valence-corrected chi connectivity index (χ3v) is 3.41. The average Bonchev–Trinajstić information content (AvgIpc) is 2.39. The highest BCUT2D eigenvalue weighted by Gasteiger charge is 2.19. The van der Waals surface area contributed by atoms with Crippen LogP contribution in [-0.2, 0) is 6.42 Å². The molecule has 1 aliphatic rings. The lowest BCUT2D eigenvalue weighted by atomic mass is 10.1. The van der Waals surface area contributed by atoms with Crippen LogP contribution in [0, 0.1) is 0 Å². The highest BCUT2D eigenvalue weighted by Crippen LogP contribution is 2.20. The molecule has 2 heterocycles. The second-order valence-electron chi connectivity index (χ2n) is 4.98. The maximum atomic E-state index is 11.2. The third kappa shape index (κ3) is 3.44. The lowest BCUT2D eigenvalue weighted by molar-refractivity contribution is 0.0696. The molecule has 0 aromatic carbocycles. The van der Waals surface area contributed by atoms with E-state index in [2.05, 4.69) is 9.88 Å². The first-order valence-electron chi connectivity index (χ1n) is 6.77. The van der Waals surface area contributed by atoms with E-state index in [-0.39, 0.29) is 6.10 Å². The van der Waals surface area contributed by atoms with Crippen molar-refractivity contribution in [2.75, 3.05) is 18.0 Å². The molecule has 19 heavy (non-hydrogen) atoms. The van der Waals surface area contributed by atoms with Crippen molar-refractivity contribution < 1.29 is 15.0 Å². The highest BCUT2D eigenvalue weighted by molar-refractivity contribution is 5.88. The highest BCUT2D eigenvalue weighted by atomic mass is 16.4. The van der Waals surface area contributed by atoms with Gasteiger partial charge in [0.25, 0.3) is 0 Å². The van der Waals surface area contributed by atoms with Gasteiger partial charge < -0.3 is 15.1 Å². The molecule has 5 nitrogen and oxygen atoms in total. The van der Waals surface area contributed by atoms with Gasteiger partial charge in [-0.25, -0.2) is 9.78 Å². The molecular weight excluding hydrogens is 244 g/mol. The molecular formula is C14H20N2O3. The fraction of sp³-hybridized carbons (Fsp3) is 0.571. The monoisotopic (exact) mass is 264 g/mol. The van der Waals surface area contributed by atoms with Crippen LogP contribution in [0.15, 0.2) is 12.1 Å². The number of aliphatic hydroxyl groups is 1. The van der Waals surface area contributed by atoms with Crippen LogP contribution in [0.1, 0.15) is 42.2 Å². The van der Waals surface area contributed by atoms with Gasteiger partial charge in [-0.15, -0.1) is 0 Å². The van der Waals surface area contributed by atoms with E-state index in [0.717, 1.165) is 37.4 Å². The number of hydrogen-bond acceptors (Lipinski definition) is 4. The van der Waals surface area contributed by atoms with Gasteiger partial charge in [-0.05, 0) is 31.4 Å². The van der Waals surface area contributed by atoms with Crippen LogP contribution >= 0.6 is 0 Å². The molecule has 1 saturated heterocycles. The van der Waals surface area contributed by atoms with E-state index in [4.69, 9.17) is 5.11 Å². The molecule has 0 bridgehead atoms. The lowest BCUT2D eigenvalue weighted by Crippen LogP contribution is -2.36. The SMILES string of the molecule is CCCc1cc(C(=O)O)cc(N2CCC(O)CC2)n1. The fourth-order valence-corrected chi connectivity index (χ4v) is 2.34. The number of aliphatic hydroxyl groups excluding tert-OH is 1. The summed E-state index contributed by atoms with van der Waals surface area (Å²) in [7, 11) is 0. The zero-order valence-electron chi connectivity index (χ0n) is 11.2. The molecule has 1 fully saturated rings. The first kappa shape index (κ1) is 13.8. The van der Waals surface area contributed by atoms with Gasteiger partial charge in [-0.2, -0.15) is 0 Å². The van der Waals surface area contributed by atoms with E-state index in [1.54, 1.807) is 12.1 Å². The number of pyridine rings is 1. The maximum absolute atomic E-state index is 11.2. The Labute approximate surface area is 112 Å². The van der Waals surface area contributed by atoms with Gasteiger partial charge >= 0.3 is 5.97 Å². The number of aryl methyl sites for hydroxylation is 1. The number of hydrogen-bond donors (Lipinski definition) is 2. The van der Waals surface area contributed by atoms with Crippen LogP contribution in [0.25, 0.3) is 0 Å². The van der Waals surface area contributed by atoms with Gasteiger partial charge in [0.05, 0.1) is 11.7 Å². The molecule has 0 radical (unpaired) electrons. The Morgan fingerprint density at radius 3 is 2.68 bits per heavy atom. The second-order valence-corrected chi connectivity index (χ2v) is 4.98. The minimum Gasteiger partial charge on any atom is -0.478 e. The summed E-state index contributed by atoms with van der Waals surface area (Å²) in [6.07, 6.45) is 2.90. The van der Waals surface area contributed by atoms with E-state index in [9.17, 15) is 9.90 Å². The minimum atomic E-state index is -0.918. The summed E-state index contributed by atoms with van der Waals surface area (Å²) in [6, 6.07) is 3.27. The van der Waals surface area contributed by atoms with Gasteiger partial charge in [0.1, 0.15) is 5.82 Å². The molecule has 2 N–H and O–H groups in total. The quantitative estimate of drug-likeness (QED) is 0.865. The first-order chi connectivity index (χ1) is 9.10. The van der Waals surface area contributed by atoms with Gasteiger partial charge in [0.2, 0.25) is 0 Å². The number of carbonyl (C=O) groups is 1. The zero-order chi connectivity index (χ0) is 13.8. The molecule has 0 aliphatic carbocycles. The van der Waals surface area contributed by atoms with Crippen molar-refractivity contribution in [2.45, 2.75) is 38.7 Å². The van der Waals surface area contributed by atoms with Crippen molar-refractivity contribution in [3.63, 3.8) is 0 Å². The molecule has 5 heteroatoms. The standard InChI is InChI=1S/C14H20N2O3/c1-2-3-11-8-10(14(18)19)9-13(15-11)16-6-4-12(17)5-7-16/h8-9,12,17H,2-7H2,1H3,(H,18,19). The number of anilines is 1. The Kier molecular flexibility index (Phi) is 4.37. The van der Waals surface area contributed by atoms with E-state index >= 15 is 0 Å². The number of carboxylic acid groups (broad SMARTS) is 1. The molecule has 0 amide bonds. The number of aromatic nitrogens is 1. The van der Waals surface area contributed by atoms with Crippen LogP contribution in [-0.4, -0.2) is 40.4 Å². The van der Waals surface area contributed by atoms with Crippen LogP contribution in [0.3, 0.4) is 0 Å². The van der Waals surface area contributed by atoms with Crippen LogP contribution in [0.2, 0.25) is 0 Å². The van der Waals surface area contributed by atoms with E-state index < -0.39 is 5.97 Å². The van der Waals surface area contributed by atoms with Gasteiger partial charge in [-0.3, -0.25) is 0 Å². The Hall–Kier alpha value is -1.62. The number of rotatable bonds is 4. The van der Waals surface area contributed by atoms with Gasteiger partial charge in [0, 0.05) is 18.8 Å². The lowest BCUT2D eigenvalue weighted by Gasteiger charge is -2.30. The maximum Gasteiger partial charge on any atom is 0.335 e.